The summed E-state index contributed by atoms with van der Waals surface area (Å²) in [7, 11) is 1.60. The third-order valence-electron chi connectivity index (χ3n) is 4.90. The molecule has 144 valence electrons. The lowest BCUT2D eigenvalue weighted by Crippen LogP contribution is -2.25. The maximum Gasteiger partial charge on any atom is 0.336 e. The predicted molar refractivity (Wildman–Crippen MR) is 96.2 cm³/mol. The first-order chi connectivity index (χ1) is 13.3. The topological polar surface area (TPSA) is 84.7 Å². The van der Waals surface area contributed by atoms with Gasteiger partial charge in [0.05, 0.1) is 6.61 Å². The van der Waals surface area contributed by atoms with Crippen LogP contribution in [0.15, 0.2) is 18.2 Å². The predicted octanol–water partition coefficient (Wildman–Crippen LogP) is 2.92. The molecule has 1 fully saturated rings. The highest BCUT2D eigenvalue weighted by Gasteiger charge is 2.28. The Balaban J connectivity index is 1.66. The van der Waals surface area contributed by atoms with Crippen molar-refractivity contribution in [3.8, 4) is 28.9 Å². The lowest BCUT2D eigenvalue weighted by molar-refractivity contribution is 0.0783. The van der Waals surface area contributed by atoms with E-state index < -0.39 is 0 Å². The summed E-state index contributed by atoms with van der Waals surface area (Å²) in [4.78, 5) is 17.5. The van der Waals surface area contributed by atoms with E-state index in [2.05, 4.69) is 10.1 Å². The van der Waals surface area contributed by atoms with Crippen molar-refractivity contribution >= 4 is 5.91 Å². The van der Waals surface area contributed by atoms with Crippen molar-refractivity contribution in [3.05, 3.63) is 18.2 Å². The van der Waals surface area contributed by atoms with Gasteiger partial charge < -0.3 is 18.9 Å². The monoisotopic (exact) mass is 373 g/mol. The summed E-state index contributed by atoms with van der Waals surface area (Å²) < 4.78 is 22.7. The SMILES string of the molecule is COCCOc1nc(-c2ccc3c(c2)OCO3)n(C(=O)C2CCCCC2)n1. The normalized spacial score (nSPS) is 16.5. The maximum atomic E-state index is 13.1. The minimum absolute atomic E-state index is 0.0277. The van der Waals surface area contributed by atoms with Crippen molar-refractivity contribution in [2.45, 2.75) is 32.1 Å². The average Bonchev–Trinajstić information content (AvgIpc) is 3.34. The lowest BCUT2D eigenvalue weighted by atomic mass is 9.88. The Morgan fingerprint density at radius 3 is 2.81 bits per heavy atom. The highest BCUT2D eigenvalue weighted by molar-refractivity contribution is 5.84. The quantitative estimate of drug-likeness (QED) is 0.720. The lowest BCUT2D eigenvalue weighted by Gasteiger charge is -2.20. The van der Waals surface area contributed by atoms with E-state index in [9.17, 15) is 4.79 Å². The third kappa shape index (κ3) is 3.75. The van der Waals surface area contributed by atoms with E-state index in [0.717, 1.165) is 31.2 Å². The molecule has 0 spiro atoms. The summed E-state index contributed by atoms with van der Waals surface area (Å²) in [5.74, 6) is 1.71. The molecule has 1 saturated carbocycles. The number of carbonyl (C=O) groups is 1. The van der Waals surface area contributed by atoms with Crippen molar-refractivity contribution in [1.82, 2.24) is 14.8 Å². The molecule has 1 aliphatic carbocycles. The van der Waals surface area contributed by atoms with E-state index in [0.29, 0.717) is 30.5 Å². The number of rotatable bonds is 6. The number of ether oxygens (including phenoxy) is 4. The van der Waals surface area contributed by atoms with Crippen LogP contribution in [-0.2, 0) is 4.74 Å². The summed E-state index contributed by atoms with van der Waals surface area (Å²) in [5, 5.41) is 4.33. The second-order valence-electron chi connectivity index (χ2n) is 6.71. The molecule has 1 aromatic carbocycles. The molecule has 0 amide bonds. The largest absolute Gasteiger partial charge is 0.460 e. The molecule has 2 aromatic rings. The zero-order valence-electron chi connectivity index (χ0n) is 15.3. The molecule has 2 aliphatic rings. The number of methoxy groups -OCH3 is 1. The molecule has 4 rings (SSSR count). The first kappa shape index (κ1) is 17.8. The van der Waals surface area contributed by atoms with Crippen molar-refractivity contribution < 1.29 is 23.7 Å². The summed E-state index contributed by atoms with van der Waals surface area (Å²) in [5.41, 5.74) is 0.734. The summed E-state index contributed by atoms with van der Waals surface area (Å²) in [6, 6.07) is 5.65. The fourth-order valence-corrected chi connectivity index (χ4v) is 3.47. The second-order valence-corrected chi connectivity index (χ2v) is 6.71. The van der Waals surface area contributed by atoms with Crippen LogP contribution in [0.1, 0.15) is 36.9 Å². The molecule has 0 radical (unpaired) electrons. The number of hydrogen-bond donors (Lipinski definition) is 0. The van der Waals surface area contributed by atoms with Gasteiger partial charge >= 0.3 is 6.01 Å². The number of benzene rings is 1. The standard InChI is InChI=1S/C19H23N3O5/c1-24-9-10-25-19-20-17(14-7-8-15-16(11-14)27-12-26-15)22(21-19)18(23)13-5-3-2-4-6-13/h7-8,11,13H,2-6,9-10,12H2,1H3. The molecule has 27 heavy (non-hydrogen) atoms. The number of fused-ring (bicyclic) bond motifs is 1. The van der Waals surface area contributed by atoms with Crippen LogP contribution < -0.4 is 14.2 Å². The minimum atomic E-state index is -0.0311. The second kappa shape index (κ2) is 7.96. The molecule has 0 unspecified atom stereocenters. The van der Waals surface area contributed by atoms with Crippen LogP contribution >= 0.6 is 0 Å². The molecule has 8 nitrogen and oxygen atoms in total. The molecule has 0 bridgehead atoms. The van der Waals surface area contributed by atoms with Gasteiger partial charge in [-0.1, -0.05) is 19.3 Å². The molecule has 2 heterocycles. The van der Waals surface area contributed by atoms with Gasteiger partial charge in [-0.2, -0.15) is 9.67 Å². The van der Waals surface area contributed by atoms with Gasteiger partial charge in [-0.15, -0.1) is 5.10 Å². The molecular formula is C19H23N3O5. The van der Waals surface area contributed by atoms with Crippen LogP contribution in [-0.4, -0.2) is 47.8 Å². The van der Waals surface area contributed by atoms with Gasteiger partial charge in [-0.25, -0.2) is 0 Å². The zero-order valence-corrected chi connectivity index (χ0v) is 15.3. The Hall–Kier alpha value is -2.61. The molecule has 8 heteroatoms. The van der Waals surface area contributed by atoms with Gasteiger partial charge in [0.1, 0.15) is 6.61 Å². The fraction of sp³-hybridized carbons (Fsp3) is 0.526. The first-order valence-electron chi connectivity index (χ1n) is 9.29. The first-order valence-corrected chi connectivity index (χ1v) is 9.29. The van der Waals surface area contributed by atoms with E-state index in [1.165, 1.54) is 11.1 Å². The molecule has 0 N–H and O–H groups in total. The Kier molecular flexibility index (Phi) is 5.24. The van der Waals surface area contributed by atoms with Crippen molar-refractivity contribution in [2.75, 3.05) is 27.1 Å². The Morgan fingerprint density at radius 2 is 2.00 bits per heavy atom. The van der Waals surface area contributed by atoms with Gasteiger partial charge in [-0.05, 0) is 31.0 Å². The van der Waals surface area contributed by atoms with Crippen LogP contribution in [0.25, 0.3) is 11.4 Å². The Labute approximate surface area is 157 Å². The number of aromatic nitrogens is 3. The zero-order chi connectivity index (χ0) is 18.6. The van der Waals surface area contributed by atoms with E-state index in [1.54, 1.807) is 7.11 Å². The van der Waals surface area contributed by atoms with Crippen LogP contribution in [0.4, 0.5) is 0 Å². The van der Waals surface area contributed by atoms with Crippen molar-refractivity contribution in [3.63, 3.8) is 0 Å². The van der Waals surface area contributed by atoms with E-state index in [-0.39, 0.29) is 24.6 Å². The third-order valence-corrected chi connectivity index (χ3v) is 4.90. The van der Waals surface area contributed by atoms with E-state index in [1.807, 2.05) is 18.2 Å². The van der Waals surface area contributed by atoms with Crippen LogP contribution in [0.3, 0.4) is 0 Å². The van der Waals surface area contributed by atoms with Crippen LogP contribution in [0.2, 0.25) is 0 Å². The highest BCUT2D eigenvalue weighted by Crippen LogP contribution is 2.36. The highest BCUT2D eigenvalue weighted by atomic mass is 16.7. The minimum Gasteiger partial charge on any atom is -0.460 e. The van der Waals surface area contributed by atoms with Gasteiger partial charge in [0.25, 0.3) is 5.91 Å². The van der Waals surface area contributed by atoms with Gasteiger partial charge in [0, 0.05) is 18.6 Å². The van der Waals surface area contributed by atoms with Crippen LogP contribution in [0, 0.1) is 5.92 Å². The van der Waals surface area contributed by atoms with Crippen molar-refractivity contribution in [1.29, 1.82) is 0 Å². The van der Waals surface area contributed by atoms with Gasteiger partial charge in [0.15, 0.2) is 17.3 Å². The van der Waals surface area contributed by atoms with E-state index >= 15 is 0 Å². The Morgan fingerprint density at radius 1 is 1.19 bits per heavy atom. The van der Waals surface area contributed by atoms with Crippen molar-refractivity contribution in [2.24, 2.45) is 5.92 Å². The summed E-state index contributed by atoms with van der Waals surface area (Å²) >= 11 is 0. The summed E-state index contributed by atoms with van der Waals surface area (Å²) in [6.45, 7) is 0.932. The van der Waals surface area contributed by atoms with Gasteiger partial charge in [0.2, 0.25) is 6.79 Å². The smallest absolute Gasteiger partial charge is 0.336 e. The molecule has 1 aliphatic heterocycles. The van der Waals surface area contributed by atoms with E-state index in [4.69, 9.17) is 18.9 Å². The fourth-order valence-electron chi connectivity index (χ4n) is 3.47. The maximum absolute atomic E-state index is 13.1. The molecule has 0 atom stereocenters. The number of nitrogens with zero attached hydrogens (tertiary/aromatic N) is 3. The number of carbonyl (C=O) groups excluding carboxylic acids is 1. The molecule has 1 aromatic heterocycles. The van der Waals surface area contributed by atoms with Gasteiger partial charge in [-0.3, -0.25) is 4.79 Å². The number of hydrogen-bond acceptors (Lipinski definition) is 7. The van der Waals surface area contributed by atoms with Crippen LogP contribution in [0.5, 0.6) is 17.5 Å². The average molecular weight is 373 g/mol. The summed E-state index contributed by atoms with van der Waals surface area (Å²) in [6.07, 6.45) is 5.10. The Bertz CT molecular complexity index is 814. The molecule has 0 saturated heterocycles. The molecular weight excluding hydrogens is 350 g/mol.